The van der Waals surface area contributed by atoms with Crippen LogP contribution in [0.3, 0.4) is 0 Å². The van der Waals surface area contributed by atoms with Gasteiger partial charge in [0.05, 0.1) is 12.1 Å². The minimum absolute atomic E-state index is 0.155. The molecule has 2 heterocycles. The quantitative estimate of drug-likeness (QED) is 0.725. The van der Waals surface area contributed by atoms with Gasteiger partial charge in [0.15, 0.2) is 5.82 Å². The van der Waals surface area contributed by atoms with Gasteiger partial charge in [-0.2, -0.15) is 4.98 Å². The molecule has 2 N–H and O–H groups in total. The average Bonchev–Trinajstić information content (AvgIpc) is 3.02. The molecule has 0 bridgehead atoms. The second-order valence-electron chi connectivity index (χ2n) is 5.77. The molecule has 6 heteroatoms. The first-order valence-electron chi connectivity index (χ1n) is 7.87. The van der Waals surface area contributed by atoms with E-state index in [2.05, 4.69) is 20.4 Å². The molecule has 0 amide bonds. The Labute approximate surface area is 140 Å². The Kier molecular flexibility index (Phi) is 4.86. The van der Waals surface area contributed by atoms with Crippen LogP contribution >= 0.6 is 0 Å². The molecule has 0 radical (unpaired) electrons. The van der Waals surface area contributed by atoms with Crippen molar-refractivity contribution in [2.24, 2.45) is 0 Å². The highest BCUT2D eigenvalue weighted by atomic mass is 16.5. The van der Waals surface area contributed by atoms with Gasteiger partial charge in [0.25, 0.3) is 5.89 Å². The summed E-state index contributed by atoms with van der Waals surface area (Å²) in [7, 11) is 0. The molecule has 1 aromatic carbocycles. The molecule has 0 saturated carbocycles. The average molecular weight is 324 g/mol. The molecule has 124 valence electrons. The van der Waals surface area contributed by atoms with Crippen LogP contribution in [0.25, 0.3) is 11.5 Å². The molecule has 0 aliphatic rings. The van der Waals surface area contributed by atoms with Crippen molar-refractivity contribution in [2.45, 2.75) is 32.4 Å². The first kappa shape index (κ1) is 16.1. The fourth-order valence-electron chi connectivity index (χ4n) is 2.42. The lowest BCUT2D eigenvalue weighted by molar-refractivity contribution is 0.158. The van der Waals surface area contributed by atoms with Crippen LogP contribution in [0.5, 0.6) is 0 Å². The van der Waals surface area contributed by atoms with Gasteiger partial charge in [0.1, 0.15) is 5.82 Å². The topological polar surface area (TPSA) is 84.1 Å². The standard InChI is InChI=1S/C18H20N4O2/c1-12(16(23)10-14-6-4-3-5-7-14)20-17-11-15(8-9-19-17)18-21-13(2)22-24-18/h3-9,11-12,16,23H,10H2,1-2H3,(H,19,20). The van der Waals surface area contributed by atoms with Crippen LogP contribution in [-0.2, 0) is 6.42 Å². The van der Waals surface area contributed by atoms with Crippen LogP contribution in [0.4, 0.5) is 5.82 Å². The number of aliphatic hydroxyl groups excluding tert-OH is 1. The van der Waals surface area contributed by atoms with Crippen molar-refractivity contribution in [3.8, 4) is 11.5 Å². The molecule has 3 aromatic rings. The van der Waals surface area contributed by atoms with Crippen LogP contribution < -0.4 is 5.32 Å². The summed E-state index contributed by atoms with van der Waals surface area (Å²) in [4.78, 5) is 8.50. The molecule has 6 nitrogen and oxygen atoms in total. The van der Waals surface area contributed by atoms with Crippen LogP contribution in [0.15, 0.2) is 53.2 Å². The molecule has 0 aliphatic carbocycles. The molecule has 2 unspecified atom stereocenters. The van der Waals surface area contributed by atoms with Gasteiger partial charge in [-0.05, 0) is 31.5 Å². The van der Waals surface area contributed by atoms with Gasteiger partial charge in [-0.1, -0.05) is 35.5 Å². The first-order chi connectivity index (χ1) is 11.6. The number of aromatic nitrogens is 3. The van der Waals surface area contributed by atoms with Crippen molar-refractivity contribution < 1.29 is 9.63 Å². The Hall–Kier alpha value is -2.73. The Morgan fingerprint density at radius 2 is 2.00 bits per heavy atom. The van der Waals surface area contributed by atoms with E-state index in [-0.39, 0.29) is 6.04 Å². The van der Waals surface area contributed by atoms with E-state index in [9.17, 15) is 5.11 Å². The molecule has 0 fully saturated rings. The van der Waals surface area contributed by atoms with E-state index in [1.165, 1.54) is 0 Å². The lowest BCUT2D eigenvalue weighted by Gasteiger charge is -2.21. The van der Waals surface area contributed by atoms with Crippen molar-refractivity contribution in [3.05, 3.63) is 60.0 Å². The van der Waals surface area contributed by atoms with Crippen LogP contribution in [0.1, 0.15) is 18.3 Å². The van der Waals surface area contributed by atoms with E-state index < -0.39 is 6.10 Å². The summed E-state index contributed by atoms with van der Waals surface area (Å²) in [6.45, 7) is 3.70. The molecule has 3 rings (SSSR count). The normalized spacial score (nSPS) is 13.5. The monoisotopic (exact) mass is 324 g/mol. The molecule has 0 saturated heterocycles. The van der Waals surface area contributed by atoms with Gasteiger partial charge in [0, 0.05) is 18.2 Å². The lowest BCUT2D eigenvalue weighted by Crippen LogP contribution is -2.32. The van der Waals surface area contributed by atoms with Crippen molar-refractivity contribution in [2.75, 3.05) is 5.32 Å². The number of anilines is 1. The minimum atomic E-state index is -0.525. The Balaban J connectivity index is 1.67. The highest BCUT2D eigenvalue weighted by Crippen LogP contribution is 2.20. The zero-order valence-electron chi connectivity index (χ0n) is 13.7. The molecule has 2 aromatic heterocycles. The lowest BCUT2D eigenvalue weighted by atomic mass is 10.0. The third-order valence-electron chi connectivity index (χ3n) is 3.77. The molecule has 0 aliphatic heterocycles. The fraction of sp³-hybridized carbons (Fsp3) is 0.278. The van der Waals surface area contributed by atoms with E-state index in [1.807, 2.05) is 49.4 Å². The maximum Gasteiger partial charge on any atom is 0.258 e. The van der Waals surface area contributed by atoms with E-state index in [0.29, 0.717) is 24.0 Å². The maximum absolute atomic E-state index is 10.4. The zero-order chi connectivity index (χ0) is 16.9. The second kappa shape index (κ2) is 7.23. The third kappa shape index (κ3) is 3.97. The second-order valence-corrected chi connectivity index (χ2v) is 5.77. The van der Waals surface area contributed by atoms with E-state index in [1.54, 1.807) is 13.1 Å². The number of nitrogens with zero attached hydrogens (tertiary/aromatic N) is 3. The number of pyridine rings is 1. The van der Waals surface area contributed by atoms with Gasteiger partial charge in [-0.3, -0.25) is 0 Å². The SMILES string of the molecule is Cc1noc(-c2ccnc(NC(C)C(O)Cc3ccccc3)c2)n1. The Morgan fingerprint density at radius 1 is 1.21 bits per heavy atom. The summed E-state index contributed by atoms with van der Waals surface area (Å²) in [5.74, 6) is 1.70. The van der Waals surface area contributed by atoms with Crippen LogP contribution in [0, 0.1) is 6.92 Å². The van der Waals surface area contributed by atoms with E-state index >= 15 is 0 Å². The summed E-state index contributed by atoms with van der Waals surface area (Å²) < 4.78 is 5.17. The summed E-state index contributed by atoms with van der Waals surface area (Å²) in [6.07, 6.45) is 1.73. The maximum atomic E-state index is 10.4. The zero-order valence-corrected chi connectivity index (χ0v) is 13.7. The van der Waals surface area contributed by atoms with Crippen molar-refractivity contribution in [1.82, 2.24) is 15.1 Å². The first-order valence-corrected chi connectivity index (χ1v) is 7.87. The molecular formula is C18H20N4O2. The number of hydrogen-bond acceptors (Lipinski definition) is 6. The summed E-state index contributed by atoms with van der Waals surface area (Å²) in [5.41, 5.74) is 1.89. The Bertz CT molecular complexity index is 788. The number of hydrogen-bond donors (Lipinski definition) is 2. The van der Waals surface area contributed by atoms with Gasteiger partial charge >= 0.3 is 0 Å². The van der Waals surface area contributed by atoms with Crippen LogP contribution in [0.2, 0.25) is 0 Å². The highest BCUT2D eigenvalue weighted by Gasteiger charge is 2.16. The number of benzene rings is 1. The number of nitrogens with one attached hydrogen (secondary N) is 1. The van der Waals surface area contributed by atoms with Gasteiger partial charge in [-0.15, -0.1) is 0 Å². The minimum Gasteiger partial charge on any atom is -0.391 e. The summed E-state index contributed by atoms with van der Waals surface area (Å²) in [6, 6.07) is 13.4. The summed E-state index contributed by atoms with van der Waals surface area (Å²) >= 11 is 0. The van der Waals surface area contributed by atoms with Gasteiger partial charge in [-0.25, -0.2) is 4.98 Å². The Morgan fingerprint density at radius 3 is 2.71 bits per heavy atom. The van der Waals surface area contributed by atoms with Crippen molar-refractivity contribution in [1.29, 1.82) is 0 Å². The predicted octanol–water partition coefficient (Wildman–Crippen LogP) is 2.84. The molecule has 0 spiro atoms. The molecule has 24 heavy (non-hydrogen) atoms. The molecule has 2 atom stereocenters. The predicted molar refractivity (Wildman–Crippen MR) is 91.5 cm³/mol. The molecular weight excluding hydrogens is 304 g/mol. The summed E-state index contributed by atoms with van der Waals surface area (Å²) in [5, 5.41) is 17.4. The van der Waals surface area contributed by atoms with E-state index in [0.717, 1.165) is 11.1 Å². The fourth-order valence-corrected chi connectivity index (χ4v) is 2.42. The van der Waals surface area contributed by atoms with Gasteiger partial charge in [0.2, 0.25) is 0 Å². The van der Waals surface area contributed by atoms with Crippen LogP contribution in [-0.4, -0.2) is 32.4 Å². The number of aliphatic hydroxyl groups is 1. The highest BCUT2D eigenvalue weighted by molar-refractivity contribution is 5.58. The largest absolute Gasteiger partial charge is 0.391 e. The number of rotatable bonds is 6. The van der Waals surface area contributed by atoms with Gasteiger partial charge < -0.3 is 14.9 Å². The van der Waals surface area contributed by atoms with E-state index in [4.69, 9.17) is 4.52 Å². The smallest absolute Gasteiger partial charge is 0.258 e. The van der Waals surface area contributed by atoms with Crippen molar-refractivity contribution in [3.63, 3.8) is 0 Å². The van der Waals surface area contributed by atoms with Crippen molar-refractivity contribution >= 4 is 5.82 Å². The number of aryl methyl sites for hydroxylation is 1. The third-order valence-corrected chi connectivity index (χ3v) is 3.77.